The van der Waals surface area contributed by atoms with Gasteiger partial charge in [-0.05, 0) is 47.3 Å². The fourth-order valence-corrected chi connectivity index (χ4v) is 3.80. The lowest BCUT2D eigenvalue weighted by Crippen LogP contribution is -2.63. The number of amides is 2. The predicted molar refractivity (Wildman–Crippen MR) is 117 cm³/mol. The van der Waals surface area contributed by atoms with Crippen molar-refractivity contribution in [2.45, 2.75) is 38.1 Å². The molecule has 1 heterocycles. The predicted octanol–water partition coefficient (Wildman–Crippen LogP) is 4.03. The second kappa shape index (κ2) is 9.31. The molecule has 2 aromatic carbocycles. The molecule has 0 saturated carbocycles. The summed E-state index contributed by atoms with van der Waals surface area (Å²) in [6, 6.07) is 8.23. The summed E-state index contributed by atoms with van der Waals surface area (Å²) >= 11 is 6.10. The van der Waals surface area contributed by atoms with Crippen molar-refractivity contribution >= 4 is 34.8 Å². The van der Waals surface area contributed by atoms with E-state index in [0.717, 1.165) is 5.01 Å². The van der Waals surface area contributed by atoms with Gasteiger partial charge in [-0.1, -0.05) is 26.0 Å². The first-order chi connectivity index (χ1) is 15.1. The van der Waals surface area contributed by atoms with E-state index in [9.17, 15) is 24.6 Å². The van der Waals surface area contributed by atoms with Gasteiger partial charge in [-0.25, -0.2) is 5.01 Å². The van der Waals surface area contributed by atoms with Crippen LogP contribution in [0.2, 0.25) is 0 Å². The molecule has 0 radical (unpaired) electrons. The van der Waals surface area contributed by atoms with Gasteiger partial charge in [0.1, 0.15) is 22.9 Å². The van der Waals surface area contributed by atoms with Crippen LogP contribution in [-0.4, -0.2) is 33.7 Å². The van der Waals surface area contributed by atoms with E-state index in [-0.39, 0.29) is 22.9 Å². The number of nitrogens with zero attached hydrogens (tertiary/aromatic N) is 3. The Balaban J connectivity index is 1.74. The van der Waals surface area contributed by atoms with Crippen molar-refractivity contribution in [2.24, 2.45) is 5.18 Å². The van der Waals surface area contributed by atoms with Crippen LogP contribution in [0.3, 0.4) is 0 Å². The van der Waals surface area contributed by atoms with Crippen LogP contribution in [0.5, 0.6) is 5.75 Å². The molecule has 1 aliphatic heterocycles. The summed E-state index contributed by atoms with van der Waals surface area (Å²) in [6.07, 6.45) is 0. The van der Waals surface area contributed by atoms with Crippen LogP contribution < -0.4 is 10.2 Å². The van der Waals surface area contributed by atoms with E-state index in [1.54, 1.807) is 25.1 Å². The van der Waals surface area contributed by atoms with Gasteiger partial charge in [-0.15, -0.1) is 16.5 Å². The summed E-state index contributed by atoms with van der Waals surface area (Å²) < 4.78 is 5.64. The van der Waals surface area contributed by atoms with Gasteiger partial charge in [0.05, 0.1) is 10.5 Å². The molecule has 0 aliphatic carbocycles. The van der Waals surface area contributed by atoms with E-state index < -0.39 is 34.8 Å². The smallest absolute Gasteiger partial charge is 0.276 e. The quantitative estimate of drug-likeness (QED) is 0.208. The Morgan fingerprint density at radius 3 is 2.66 bits per heavy atom. The average Bonchev–Trinajstić information content (AvgIpc) is 2.76. The number of β-lactam (4-membered cyclic amide) rings is 1. The number of carbonyl (C=O) groups excluding carboxylic acids is 2. The van der Waals surface area contributed by atoms with Crippen LogP contribution in [0.4, 0.5) is 11.4 Å². The molecule has 2 amide bonds. The highest BCUT2D eigenvalue weighted by Crippen LogP contribution is 2.41. The number of aryl methyl sites for hydroxylation is 1. The topological polar surface area (TPSA) is 131 Å². The van der Waals surface area contributed by atoms with Gasteiger partial charge in [-0.3, -0.25) is 25.1 Å². The molecule has 2 aromatic rings. The minimum Gasteiger partial charge on any atom is -0.483 e. The third-order valence-electron chi connectivity index (χ3n) is 5.13. The molecule has 0 aromatic heterocycles. The van der Waals surface area contributed by atoms with E-state index in [1.807, 2.05) is 13.8 Å². The number of nitroso groups, excluding NO2 is 1. The van der Waals surface area contributed by atoms with Crippen LogP contribution in [0, 0.1) is 21.9 Å². The van der Waals surface area contributed by atoms with Crippen molar-refractivity contribution in [1.29, 1.82) is 0 Å². The number of hydrogen-bond donors (Lipinski definition) is 1. The number of para-hydroxylation sites is 1. The minimum atomic E-state index is -1.05. The van der Waals surface area contributed by atoms with Gasteiger partial charge in [-0.2, -0.15) is 0 Å². The van der Waals surface area contributed by atoms with Crippen LogP contribution in [-0.2, 0) is 9.59 Å². The van der Waals surface area contributed by atoms with E-state index in [1.165, 1.54) is 18.2 Å². The number of nitro benzene ring substituents is 1. The molecular formula is C21H21ClN4O6. The van der Waals surface area contributed by atoms with Gasteiger partial charge in [0, 0.05) is 6.07 Å². The van der Waals surface area contributed by atoms with E-state index in [0.29, 0.717) is 16.9 Å². The monoisotopic (exact) mass is 460 g/mol. The van der Waals surface area contributed by atoms with Crippen molar-refractivity contribution in [3.63, 3.8) is 0 Å². The number of hydrazine groups is 1. The highest BCUT2D eigenvalue weighted by Gasteiger charge is 2.50. The summed E-state index contributed by atoms with van der Waals surface area (Å²) in [7, 11) is 0. The van der Waals surface area contributed by atoms with Crippen molar-refractivity contribution < 1.29 is 19.2 Å². The molecule has 11 heteroatoms. The zero-order valence-electron chi connectivity index (χ0n) is 17.6. The molecule has 1 aliphatic rings. The molecule has 1 saturated heterocycles. The first-order valence-corrected chi connectivity index (χ1v) is 10.2. The summed E-state index contributed by atoms with van der Waals surface area (Å²) in [6.45, 7) is 5.09. The maximum absolute atomic E-state index is 12.5. The van der Waals surface area contributed by atoms with E-state index in [4.69, 9.17) is 16.3 Å². The Hall–Kier alpha value is -3.53. The number of alkyl halides is 1. The zero-order valence-corrected chi connectivity index (χ0v) is 18.3. The van der Waals surface area contributed by atoms with Gasteiger partial charge in [0.2, 0.25) is 0 Å². The first-order valence-electron chi connectivity index (χ1n) is 9.76. The maximum atomic E-state index is 12.5. The van der Waals surface area contributed by atoms with Gasteiger partial charge in [0.25, 0.3) is 17.5 Å². The molecule has 1 N–H and O–H groups in total. The van der Waals surface area contributed by atoms with Crippen LogP contribution in [0.1, 0.15) is 42.5 Å². The molecule has 1 fully saturated rings. The Morgan fingerprint density at radius 2 is 2.03 bits per heavy atom. The maximum Gasteiger partial charge on any atom is 0.276 e. The standard InChI is InChI=1S/C21H21ClN4O6/c1-11(2)14-9-15(24-29)12(3)8-17(14)32-10-18(27)23-25-20(19(22)21(25)28)13-6-4-5-7-16(13)26(30)31/h4-9,11,19-20H,10H2,1-3H3,(H,23,27). The molecule has 2 unspecified atom stereocenters. The summed E-state index contributed by atoms with van der Waals surface area (Å²) in [4.78, 5) is 46.4. The van der Waals surface area contributed by atoms with Crippen molar-refractivity contribution in [3.05, 3.63) is 68.1 Å². The third-order valence-corrected chi connectivity index (χ3v) is 5.56. The van der Waals surface area contributed by atoms with Crippen LogP contribution in [0.15, 0.2) is 41.6 Å². The molecule has 32 heavy (non-hydrogen) atoms. The van der Waals surface area contributed by atoms with Crippen molar-refractivity contribution in [2.75, 3.05) is 6.61 Å². The lowest BCUT2D eigenvalue weighted by molar-refractivity contribution is -0.386. The Labute approximate surface area is 188 Å². The number of nitro groups is 1. The number of nitrogens with one attached hydrogen (secondary N) is 1. The fourth-order valence-electron chi connectivity index (χ4n) is 3.45. The molecule has 168 valence electrons. The number of rotatable bonds is 8. The number of halogens is 1. The fraction of sp³-hybridized carbons (Fsp3) is 0.333. The average molecular weight is 461 g/mol. The Bertz CT molecular complexity index is 1090. The van der Waals surface area contributed by atoms with E-state index >= 15 is 0 Å². The minimum absolute atomic E-state index is 0.00568. The van der Waals surface area contributed by atoms with Gasteiger partial charge < -0.3 is 4.74 Å². The number of carbonyl (C=O) groups is 2. The highest BCUT2D eigenvalue weighted by molar-refractivity contribution is 6.33. The van der Waals surface area contributed by atoms with Crippen molar-refractivity contribution in [3.8, 4) is 5.75 Å². The first kappa shape index (κ1) is 23.1. The van der Waals surface area contributed by atoms with Crippen LogP contribution in [0.25, 0.3) is 0 Å². The molecule has 10 nitrogen and oxygen atoms in total. The Morgan fingerprint density at radius 1 is 1.34 bits per heavy atom. The zero-order chi connectivity index (χ0) is 23.6. The second-order valence-electron chi connectivity index (χ2n) is 7.62. The van der Waals surface area contributed by atoms with Gasteiger partial charge in [0.15, 0.2) is 6.61 Å². The lowest BCUT2D eigenvalue weighted by atomic mass is 9.94. The Kier molecular flexibility index (Phi) is 6.73. The largest absolute Gasteiger partial charge is 0.483 e. The van der Waals surface area contributed by atoms with Crippen molar-refractivity contribution in [1.82, 2.24) is 10.4 Å². The van der Waals surface area contributed by atoms with E-state index in [2.05, 4.69) is 10.6 Å². The van der Waals surface area contributed by atoms with Crippen LogP contribution >= 0.6 is 11.6 Å². The highest BCUT2D eigenvalue weighted by atomic mass is 35.5. The number of ether oxygens (including phenoxy) is 1. The second-order valence-corrected chi connectivity index (χ2v) is 8.09. The SMILES string of the molecule is Cc1cc(OCC(=O)NN2C(=O)C(Cl)C2c2ccccc2[N+](=O)[O-])c(C(C)C)cc1N=O. The molecule has 3 rings (SSSR count). The summed E-state index contributed by atoms with van der Waals surface area (Å²) in [5.41, 5.74) is 4.02. The molecule has 0 spiro atoms. The van der Waals surface area contributed by atoms with Gasteiger partial charge >= 0.3 is 0 Å². The number of hydrogen-bond acceptors (Lipinski definition) is 7. The molecular weight excluding hydrogens is 440 g/mol. The lowest BCUT2D eigenvalue weighted by Gasteiger charge is -2.43. The molecule has 0 bridgehead atoms. The number of benzene rings is 2. The third kappa shape index (κ3) is 4.40. The normalized spacial score (nSPS) is 17.7. The summed E-state index contributed by atoms with van der Waals surface area (Å²) in [5, 5.41) is 14.2. The molecule has 2 atom stereocenters. The summed E-state index contributed by atoms with van der Waals surface area (Å²) in [5.74, 6) is -0.801.